The van der Waals surface area contributed by atoms with E-state index in [4.69, 9.17) is 14.9 Å². The van der Waals surface area contributed by atoms with E-state index < -0.39 is 5.92 Å². The van der Waals surface area contributed by atoms with Crippen molar-refractivity contribution in [3.63, 3.8) is 0 Å². The van der Waals surface area contributed by atoms with Crippen LogP contribution in [0.1, 0.15) is 28.5 Å². The fourth-order valence-corrected chi connectivity index (χ4v) is 3.59. The number of nitriles is 1. The Morgan fingerprint density at radius 1 is 1.21 bits per heavy atom. The van der Waals surface area contributed by atoms with E-state index in [1.807, 2.05) is 43.3 Å². The number of rotatable bonds is 4. The van der Waals surface area contributed by atoms with Crippen molar-refractivity contribution in [1.29, 1.82) is 5.26 Å². The summed E-state index contributed by atoms with van der Waals surface area (Å²) >= 11 is 0. The van der Waals surface area contributed by atoms with Crippen molar-refractivity contribution in [1.82, 2.24) is 4.57 Å². The van der Waals surface area contributed by atoms with E-state index in [2.05, 4.69) is 6.07 Å². The fourth-order valence-electron chi connectivity index (χ4n) is 3.59. The number of furan rings is 1. The molecule has 0 spiro atoms. The fraction of sp³-hybridized carbons (Fsp3) is 0.182. The molecule has 6 nitrogen and oxygen atoms in total. The molecule has 2 N–H and O–H groups in total. The van der Waals surface area contributed by atoms with E-state index in [9.17, 15) is 10.1 Å². The van der Waals surface area contributed by atoms with Crippen LogP contribution in [0.2, 0.25) is 0 Å². The van der Waals surface area contributed by atoms with Crippen molar-refractivity contribution >= 4 is 0 Å². The predicted octanol–water partition coefficient (Wildman–Crippen LogP) is 3.21. The van der Waals surface area contributed by atoms with Crippen LogP contribution in [0, 0.1) is 18.3 Å². The van der Waals surface area contributed by atoms with Gasteiger partial charge >= 0.3 is 0 Å². The Hall–Kier alpha value is -3.72. The lowest BCUT2D eigenvalue weighted by Gasteiger charge is -2.27. The minimum atomic E-state index is -0.466. The molecule has 3 heterocycles. The molecule has 6 heteroatoms. The second-order valence-electron chi connectivity index (χ2n) is 6.77. The van der Waals surface area contributed by atoms with Gasteiger partial charge in [0.05, 0.1) is 23.9 Å². The molecule has 1 atom stereocenters. The number of pyridine rings is 1. The predicted molar refractivity (Wildman–Crippen MR) is 104 cm³/mol. The van der Waals surface area contributed by atoms with Gasteiger partial charge in [0.2, 0.25) is 5.88 Å². The van der Waals surface area contributed by atoms with Gasteiger partial charge in [-0.05, 0) is 31.0 Å². The Balaban J connectivity index is 1.85. The van der Waals surface area contributed by atoms with E-state index in [0.29, 0.717) is 30.0 Å². The maximum Gasteiger partial charge on any atom is 0.258 e. The minimum absolute atomic E-state index is 0.0542. The summed E-state index contributed by atoms with van der Waals surface area (Å²) in [5, 5.41) is 9.67. The first-order valence-corrected chi connectivity index (χ1v) is 8.96. The zero-order chi connectivity index (χ0) is 19.7. The molecule has 1 aliphatic heterocycles. The average Bonchev–Trinajstić information content (AvgIpc) is 3.19. The second kappa shape index (κ2) is 7.12. The lowest BCUT2D eigenvalue weighted by Crippen LogP contribution is -2.33. The first kappa shape index (κ1) is 17.7. The monoisotopic (exact) mass is 373 g/mol. The van der Waals surface area contributed by atoms with Crippen LogP contribution in [-0.4, -0.2) is 4.57 Å². The molecule has 0 saturated heterocycles. The molecule has 2 aromatic heterocycles. The number of nitrogens with two attached hydrogens (primary N) is 1. The van der Waals surface area contributed by atoms with E-state index in [1.54, 1.807) is 23.0 Å². The highest BCUT2D eigenvalue weighted by Crippen LogP contribution is 2.38. The molecule has 0 aliphatic carbocycles. The van der Waals surface area contributed by atoms with Crippen molar-refractivity contribution in [2.24, 2.45) is 5.73 Å². The molecule has 0 radical (unpaired) electrons. The van der Waals surface area contributed by atoms with Gasteiger partial charge in [0.25, 0.3) is 5.56 Å². The normalized spacial score (nSPS) is 15.6. The van der Waals surface area contributed by atoms with Crippen LogP contribution in [0.25, 0.3) is 0 Å². The largest absolute Gasteiger partial charge is 0.467 e. The molecule has 140 valence electrons. The highest BCUT2D eigenvalue weighted by molar-refractivity contribution is 5.50. The Labute approximate surface area is 162 Å². The Bertz CT molecular complexity index is 1140. The molecule has 4 rings (SSSR count). The van der Waals surface area contributed by atoms with E-state index in [0.717, 1.165) is 11.3 Å². The van der Waals surface area contributed by atoms with Crippen molar-refractivity contribution in [2.45, 2.75) is 25.8 Å². The topological polar surface area (TPSA) is 94.2 Å². The van der Waals surface area contributed by atoms with Gasteiger partial charge < -0.3 is 19.5 Å². The molecular formula is C22H19N3O3. The van der Waals surface area contributed by atoms with E-state index >= 15 is 0 Å². The SMILES string of the molecule is Cc1cc2c(c(=O)n1Cc1ccco1)[C@@H](Cc1ccccc1)C(C#N)=C(N)O2. The number of aryl methyl sites for hydroxylation is 1. The molecule has 0 saturated carbocycles. The summed E-state index contributed by atoms with van der Waals surface area (Å²) in [6.45, 7) is 2.14. The highest BCUT2D eigenvalue weighted by Gasteiger charge is 2.33. The average molecular weight is 373 g/mol. The van der Waals surface area contributed by atoms with Crippen molar-refractivity contribution in [3.8, 4) is 11.8 Å². The van der Waals surface area contributed by atoms with Crippen LogP contribution >= 0.6 is 0 Å². The number of nitrogens with zero attached hydrogens (tertiary/aromatic N) is 2. The van der Waals surface area contributed by atoms with Crippen molar-refractivity contribution < 1.29 is 9.15 Å². The van der Waals surface area contributed by atoms with Gasteiger partial charge in [0.1, 0.15) is 17.6 Å². The number of hydrogen-bond acceptors (Lipinski definition) is 5. The quantitative estimate of drug-likeness (QED) is 0.758. The molecular weight excluding hydrogens is 354 g/mol. The molecule has 0 fully saturated rings. The van der Waals surface area contributed by atoms with Crippen LogP contribution in [0.3, 0.4) is 0 Å². The first-order chi connectivity index (χ1) is 13.6. The third-order valence-electron chi connectivity index (χ3n) is 4.99. The van der Waals surface area contributed by atoms with E-state index in [1.165, 1.54) is 0 Å². The summed E-state index contributed by atoms with van der Waals surface area (Å²) in [7, 11) is 0. The summed E-state index contributed by atoms with van der Waals surface area (Å²) in [5.74, 6) is 0.679. The van der Waals surface area contributed by atoms with Gasteiger partial charge in [-0.15, -0.1) is 0 Å². The number of aromatic nitrogens is 1. The number of ether oxygens (including phenoxy) is 1. The lowest BCUT2D eigenvalue weighted by atomic mass is 9.85. The third-order valence-corrected chi connectivity index (χ3v) is 4.99. The van der Waals surface area contributed by atoms with Crippen molar-refractivity contribution in [3.05, 3.63) is 99.2 Å². The zero-order valence-corrected chi connectivity index (χ0v) is 15.4. The number of hydrogen-bond donors (Lipinski definition) is 1. The maximum absolute atomic E-state index is 13.4. The standard InChI is InChI=1S/C22H19N3O3/c1-14-10-19-20(22(26)25(14)13-16-8-5-9-27-16)17(18(12-23)21(24)28-19)11-15-6-3-2-4-7-15/h2-10,17H,11,13,24H2,1H3/t17-/m0/s1. The molecule has 1 aliphatic rings. The van der Waals surface area contributed by atoms with E-state index in [-0.39, 0.29) is 17.0 Å². The van der Waals surface area contributed by atoms with Crippen LogP contribution in [0.4, 0.5) is 0 Å². The Morgan fingerprint density at radius 2 is 2.00 bits per heavy atom. The molecule has 1 aromatic carbocycles. The molecule has 0 amide bonds. The van der Waals surface area contributed by atoms with Crippen LogP contribution in [-0.2, 0) is 13.0 Å². The summed E-state index contributed by atoms with van der Waals surface area (Å²) in [6.07, 6.45) is 2.06. The number of benzene rings is 1. The highest BCUT2D eigenvalue weighted by atomic mass is 16.5. The van der Waals surface area contributed by atoms with Crippen LogP contribution in [0.15, 0.2) is 75.5 Å². The summed E-state index contributed by atoms with van der Waals surface area (Å²) in [5.41, 5.74) is 8.28. The Morgan fingerprint density at radius 3 is 2.68 bits per heavy atom. The minimum Gasteiger partial charge on any atom is -0.467 e. The van der Waals surface area contributed by atoms with Gasteiger partial charge in [0, 0.05) is 17.7 Å². The van der Waals surface area contributed by atoms with Gasteiger partial charge in [-0.3, -0.25) is 4.79 Å². The third kappa shape index (κ3) is 3.08. The van der Waals surface area contributed by atoms with Crippen molar-refractivity contribution in [2.75, 3.05) is 0 Å². The molecule has 28 heavy (non-hydrogen) atoms. The molecule has 0 bridgehead atoms. The van der Waals surface area contributed by atoms with Gasteiger partial charge in [0.15, 0.2) is 0 Å². The van der Waals surface area contributed by atoms with Crippen LogP contribution < -0.4 is 16.0 Å². The first-order valence-electron chi connectivity index (χ1n) is 8.96. The molecule has 0 unspecified atom stereocenters. The van der Waals surface area contributed by atoms with Gasteiger partial charge in [-0.1, -0.05) is 30.3 Å². The maximum atomic E-state index is 13.4. The second-order valence-corrected chi connectivity index (χ2v) is 6.77. The summed E-state index contributed by atoms with van der Waals surface area (Å²) < 4.78 is 12.7. The van der Waals surface area contributed by atoms with Gasteiger partial charge in [-0.2, -0.15) is 5.26 Å². The lowest BCUT2D eigenvalue weighted by molar-refractivity contribution is 0.381. The zero-order valence-electron chi connectivity index (χ0n) is 15.4. The number of allylic oxidation sites excluding steroid dienone is 1. The van der Waals surface area contributed by atoms with Gasteiger partial charge in [-0.25, -0.2) is 0 Å². The van der Waals surface area contributed by atoms with Crippen LogP contribution in [0.5, 0.6) is 5.75 Å². The molecule has 3 aromatic rings. The smallest absolute Gasteiger partial charge is 0.258 e. The Kier molecular flexibility index (Phi) is 4.50. The summed E-state index contributed by atoms with van der Waals surface area (Å²) in [6, 6.07) is 17.3. The summed E-state index contributed by atoms with van der Waals surface area (Å²) in [4.78, 5) is 13.4. The number of fused-ring (bicyclic) bond motifs is 1.